The Morgan fingerprint density at radius 2 is 1.95 bits per heavy atom. The van der Waals surface area contributed by atoms with Crippen LogP contribution in [0.25, 0.3) is 0 Å². The van der Waals surface area contributed by atoms with Crippen molar-refractivity contribution in [1.29, 1.82) is 0 Å². The van der Waals surface area contributed by atoms with E-state index in [9.17, 15) is 4.79 Å². The van der Waals surface area contributed by atoms with E-state index in [0.717, 1.165) is 11.4 Å². The lowest BCUT2D eigenvalue weighted by Crippen LogP contribution is -2.14. The molecular formula is C15H18N2O2. The van der Waals surface area contributed by atoms with Crippen LogP contribution in [-0.2, 0) is 16.6 Å². The molecule has 1 aromatic carbocycles. The van der Waals surface area contributed by atoms with Crippen LogP contribution in [0.1, 0.15) is 32.2 Å². The van der Waals surface area contributed by atoms with E-state index >= 15 is 0 Å². The van der Waals surface area contributed by atoms with Gasteiger partial charge >= 0.3 is 0 Å². The van der Waals surface area contributed by atoms with Crippen LogP contribution in [0.15, 0.2) is 40.9 Å². The summed E-state index contributed by atoms with van der Waals surface area (Å²) >= 11 is 0. The summed E-state index contributed by atoms with van der Waals surface area (Å²) in [5.41, 5.74) is 1.34. The minimum absolute atomic E-state index is 0.0961. The Morgan fingerprint density at radius 3 is 2.53 bits per heavy atom. The van der Waals surface area contributed by atoms with E-state index in [1.54, 1.807) is 0 Å². The molecule has 1 N–H and O–H groups in total. The Bertz CT molecular complexity index is 553. The van der Waals surface area contributed by atoms with Crippen molar-refractivity contribution >= 4 is 11.6 Å². The first kappa shape index (κ1) is 13.3. The van der Waals surface area contributed by atoms with E-state index < -0.39 is 0 Å². The second kappa shape index (κ2) is 5.26. The van der Waals surface area contributed by atoms with Crippen molar-refractivity contribution in [1.82, 2.24) is 5.16 Å². The molecule has 4 heteroatoms. The maximum absolute atomic E-state index is 11.8. The number of para-hydroxylation sites is 1. The van der Waals surface area contributed by atoms with Crippen molar-refractivity contribution in [2.75, 3.05) is 5.32 Å². The zero-order valence-corrected chi connectivity index (χ0v) is 11.4. The average Bonchev–Trinajstić information content (AvgIpc) is 2.78. The second-order valence-corrected chi connectivity index (χ2v) is 5.52. The Labute approximate surface area is 112 Å². The van der Waals surface area contributed by atoms with Gasteiger partial charge in [-0.15, -0.1) is 0 Å². The summed E-state index contributed by atoms with van der Waals surface area (Å²) in [5, 5.41) is 6.75. The van der Waals surface area contributed by atoms with Gasteiger partial charge in [0, 0.05) is 17.2 Å². The van der Waals surface area contributed by atoms with Gasteiger partial charge in [0.25, 0.3) is 0 Å². The van der Waals surface area contributed by atoms with Crippen molar-refractivity contribution < 1.29 is 9.32 Å². The van der Waals surface area contributed by atoms with E-state index in [4.69, 9.17) is 4.52 Å². The SMILES string of the molecule is CC(C)(C)c1cc(CC(=O)Nc2ccccc2)no1. The third-order valence-electron chi connectivity index (χ3n) is 2.70. The number of carbonyl (C=O) groups excluding carboxylic acids is 1. The molecule has 0 aliphatic rings. The number of nitrogens with one attached hydrogen (secondary N) is 1. The van der Waals surface area contributed by atoms with Gasteiger partial charge in [0.1, 0.15) is 5.76 Å². The molecule has 1 aromatic heterocycles. The van der Waals surface area contributed by atoms with E-state index in [1.807, 2.05) is 57.2 Å². The number of nitrogens with zero attached hydrogens (tertiary/aromatic N) is 1. The zero-order valence-electron chi connectivity index (χ0n) is 11.4. The number of carbonyl (C=O) groups is 1. The van der Waals surface area contributed by atoms with Gasteiger partial charge in [-0.3, -0.25) is 4.79 Å². The fourth-order valence-corrected chi connectivity index (χ4v) is 1.64. The molecule has 19 heavy (non-hydrogen) atoms. The number of hydrogen-bond donors (Lipinski definition) is 1. The number of benzene rings is 1. The molecule has 2 aromatic rings. The molecule has 4 nitrogen and oxygen atoms in total. The van der Waals surface area contributed by atoms with Gasteiger partial charge in [0.2, 0.25) is 5.91 Å². The summed E-state index contributed by atoms with van der Waals surface area (Å²) in [6, 6.07) is 11.2. The molecule has 0 saturated heterocycles. The minimum atomic E-state index is -0.0973. The molecule has 0 bridgehead atoms. The minimum Gasteiger partial charge on any atom is -0.361 e. The first-order chi connectivity index (χ1) is 8.95. The summed E-state index contributed by atoms with van der Waals surface area (Å²) in [5.74, 6) is 0.690. The quantitative estimate of drug-likeness (QED) is 0.920. The van der Waals surface area contributed by atoms with Crippen LogP contribution in [0, 0.1) is 0 Å². The largest absolute Gasteiger partial charge is 0.361 e. The number of anilines is 1. The lowest BCUT2D eigenvalue weighted by molar-refractivity contribution is -0.115. The molecule has 0 spiro atoms. The molecule has 0 aliphatic carbocycles. The number of rotatable bonds is 3. The predicted molar refractivity (Wildman–Crippen MR) is 74.0 cm³/mol. The van der Waals surface area contributed by atoms with Crippen molar-refractivity contribution in [2.45, 2.75) is 32.6 Å². The third kappa shape index (κ3) is 3.68. The lowest BCUT2D eigenvalue weighted by atomic mass is 9.93. The van der Waals surface area contributed by atoms with E-state index in [-0.39, 0.29) is 17.7 Å². The van der Waals surface area contributed by atoms with Crippen LogP contribution < -0.4 is 5.32 Å². The van der Waals surface area contributed by atoms with Crippen LogP contribution in [0.2, 0.25) is 0 Å². The second-order valence-electron chi connectivity index (χ2n) is 5.52. The van der Waals surface area contributed by atoms with Crippen molar-refractivity contribution in [2.24, 2.45) is 0 Å². The highest BCUT2D eigenvalue weighted by Gasteiger charge is 2.20. The highest BCUT2D eigenvalue weighted by molar-refractivity contribution is 5.91. The molecule has 2 rings (SSSR count). The molecule has 1 amide bonds. The van der Waals surface area contributed by atoms with Crippen molar-refractivity contribution in [3.05, 3.63) is 47.9 Å². The smallest absolute Gasteiger partial charge is 0.230 e. The topological polar surface area (TPSA) is 55.1 Å². The molecule has 0 atom stereocenters. The van der Waals surface area contributed by atoms with Crippen molar-refractivity contribution in [3.63, 3.8) is 0 Å². The number of hydrogen-bond acceptors (Lipinski definition) is 3. The lowest BCUT2D eigenvalue weighted by Gasteiger charge is -2.12. The Hall–Kier alpha value is -2.10. The van der Waals surface area contributed by atoms with E-state index in [0.29, 0.717) is 5.69 Å². The van der Waals surface area contributed by atoms with Gasteiger partial charge in [-0.1, -0.05) is 44.1 Å². The summed E-state index contributed by atoms with van der Waals surface area (Å²) in [6.45, 7) is 6.13. The normalized spacial score (nSPS) is 11.3. The first-order valence-corrected chi connectivity index (χ1v) is 6.26. The van der Waals surface area contributed by atoms with Gasteiger partial charge < -0.3 is 9.84 Å². The average molecular weight is 258 g/mol. The van der Waals surface area contributed by atoms with Crippen LogP contribution in [-0.4, -0.2) is 11.1 Å². The molecular weight excluding hydrogens is 240 g/mol. The standard InChI is InChI=1S/C15H18N2O2/c1-15(2,3)13-9-12(17-19-13)10-14(18)16-11-7-5-4-6-8-11/h4-9H,10H2,1-3H3,(H,16,18). The molecule has 0 aliphatic heterocycles. The van der Waals surface area contributed by atoms with Gasteiger partial charge in [-0.25, -0.2) is 0 Å². The Morgan fingerprint density at radius 1 is 1.26 bits per heavy atom. The number of aromatic nitrogens is 1. The molecule has 100 valence electrons. The molecule has 0 radical (unpaired) electrons. The number of amides is 1. The van der Waals surface area contributed by atoms with Gasteiger partial charge in [0.15, 0.2) is 0 Å². The van der Waals surface area contributed by atoms with Gasteiger partial charge in [-0.2, -0.15) is 0 Å². The van der Waals surface area contributed by atoms with Crippen LogP contribution in [0.3, 0.4) is 0 Å². The summed E-state index contributed by atoms with van der Waals surface area (Å²) in [4.78, 5) is 11.8. The molecule has 0 unspecified atom stereocenters. The monoisotopic (exact) mass is 258 g/mol. The Kier molecular flexibility index (Phi) is 3.69. The predicted octanol–water partition coefficient (Wildman–Crippen LogP) is 3.15. The zero-order chi connectivity index (χ0) is 13.9. The van der Waals surface area contributed by atoms with Crippen LogP contribution >= 0.6 is 0 Å². The molecule has 1 heterocycles. The highest BCUT2D eigenvalue weighted by atomic mass is 16.5. The highest BCUT2D eigenvalue weighted by Crippen LogP contribution is 2.22. The Balaban J connectivity index is 1.98. The summed E-state index contributed by atoms with van der Waals surface area (Å²) < 4.78 is 5.25. The fourth-order valence-electron chi connectivity index (χ4n) is 1.64. The third-order valence-corrected chi connectivity index (χ3v) is 2.70. The van der Waals surface area contributed by atoms with Crippen LogP contribution in [0.5, 0.6) is 0 Å². The first-order valence-electron chi connectivity index (χ1n) is 6.26. The molecule has 0 fully saturated rings. The van der Waals surface area contributed by atoms with E-state index in [2.05, 4.69) is 10.5 Å². The maximum atomic E-state index is 11.8. The fraction of sp³-hybridized carbons (Fsp3) is 0.333. The summed E-state index contributed by atoms with van der Waals surface area (Å²) in [6.07, 6.45) is 0.217. The van der Waals surface area contributed by atoms with E-state index in [1.165, 1.54) is 0 Å². The van der Waals surface area contributed by atoms with Gasteiger partial charge in [0.05, 0.1) is 12.1 Å². The maximum Gasteiger partial charge on any atom is 0.230 e. The van der Waals surface area contributed by atoms with Crippen LogP contribution in [0.4, 0.5) is 5.69 Å². The van der Waals surface area contributed by atoms with Crippen molar-refractivity contribution in [3.8, 4) is 0 Å². The summed E-state index contributed by atoms with van der Waals surface area (Å²) in [7, 11) is 0. The van der Waals surface area contributed by atoms with Gasteiger partial charge in [-0.05, 0) is 12.1 Å². The molecule has 0 saturated carbocycles.